The maximum Gasteiger partial charge on any atom is 0.306 e. The minimum absolute atomic E-state index is 0.193. The Bertz CT molecular complexity index is 1010. The van der Waals surface area contributed by atoms with Gasteiger partial charge in [0, 0.05) is 16.8 Å². The molecule has 0 bridgehead atoms. The molecule has 1 aliphatic rings. The van der Waals surface area contributed by atoms with Crippen molar-refractivity contribution in [2.45, 2.75) is 56.9 Å². The number of thioether (sulfide) groups is 1. The molecule has 0 unspecified atom stereocenters. The smallest absolute Gasteiger partial charge is 0.306 e. The molecule has 27 heavy (non-hydrogen) atoms. The van der Waals surface area contributed by atoms with E-state index in [0.717, 1.165) is 32.9 Å². The Morgan fingerprint density at radius 1 is 1.26 bits per heavy atom. The number of methoxy groups -OCH3 is 1. The van der Waals surface area contributed by atoms with Gasteiger partial charge in [-0.15, -0.1) is 23.1 Å². The van der Waals surface area contributed by atoms with Crippen LogP contribution in [0.25, 0.3) is 20.4 Å². The molecule has 0 N–H and O–H groups in total. The number of aromatic nitrogens is 3. The Hall–Kier alpha value is -1.73. The molecular weight excluding hydrogens is 378 g/mol. The standard InChI is InChI=1S/C20H23N3O2S2/c1-11(2)16-13-7-5-4-6-12(13)15-17-18(27-19(15)23-16)20(22-10-21-17)26-9-8-14(24)25-3/h10-11H,4-9H2,1-3H3. The molecule has 0 radical (unpaired) electrons. The Morgan fingerprint density at radius 2 is 2.04 bits per heavy atom. The molecule has 0 saturated carbocycles. The second kappa shape index (κ2) is 7.72. The molecule has 0 fully saturated rings. The van der Waals surface area contributed by atoms with Crippen LogP contribution in [-0.4, -0.2) is 33.8 Å². The van der Waals surface area contributed by atoms with Crippen LogP contribution in [-0.2, 0) is 22.4 Å². The Balaban J connectivity index is 1.83. The van der Waals surface area contributed by atoms with E-state index in [4.69, 9.17) is 9.72 Å². The summed E-state index contributed by atoms with van der Waals surface area (Å²) >= 11 is 3.27. The van der Waals surface area contributed by atoms with E-state index in [2.05, 4.69) is 23.8 Å². The number of hydrogen-bond donors (Lipinski definition) is 0. The van der Waals surface area contributed by atoms with Crippen LogP contribution in [0, 0.1) is 0 Å². The van der Waals surface area contributed by atoms with Gasteiger partial charge in [-0.25, -0.2) is 15.0 Å². The lowest BCUT2D eigenvalue weighted by molar-refractivity contribution is -0.140. The number of carbonyl (C=O) groups is 1. The largest absolute Gasteiger partial charge is 0.469 e. The highest BCUT2D eigenvalue weighted by atomic mass is 32.2. The average Bonchev–Trinajstić information content (AvgIpc) is 3.06. The summed E-state index contributed by atoms with van der Waals surface area (Å²) in [5, 5.41) is 2.16. The zero-order valence-corrected chi connectivity index (χ0v) is 17.5. The van der Waals surface area contributed by atoms with E-state index < -0.39 is 0 Å². The zero-order chi connectivity index (χ0) is 19.0. The molecule has 0 aromatic carbocycles. The van der Waals surface area contributed by atoms with Gasteiger partial charge in [-0.05, 0) is 42.7 Å². The normalized spacial score (nSPS) is 14.1. The number of rotatable bonds is 5. The molecule has 3 aromatic heterocycles. The van der Waals surface area contributed by atoms with Gasteiger partial charge in [0.1, 0.15) is 16.2 Å². The van der Waals surface area contributed by atoms with Crippen LogP contribution in [0.3, 0.4) is 0 Å². The van der Waals surface area contributed by atoms with Crippen molar-refractivity contribution in [1.29, 1.82) is 0 Å². The number of carbonyl (C=O) groups excluding carboxylic acids is 1. The van der Waals surface area contributed by atoms with Crippen LogP contribution in [0.2, 0.25) is 0 Å². The van der Waals surface area contributed by atoms with Crippen molar-refractivity contribution in [3.8, 4) is 0 Å². The number of ether oxygens (including phenoxy) is 1. The summed E-state index contributed by atoms with van der Waals surface area (Å²) in [5.41, 5.74) is 5.16. The maximum absolute atomic E-state index is 11.4. The van der Waals surface area contributed by atoms with Crippen LogP contribution >= 0.6 is 23.1 Å². The number of thiophene rings is 1. The van der Waals surface area contributed by atoms with Gasteiger partial charge in [-0.3, -0.25) is 4.79 Å². The first-order valence-electron chi connectivity index (χ1n) is 9.38. The van der Waals surface area contributed by atoms with Crippen molar-refractivity contribution in [2.75, 3.05) is 12.9 Å². The summed E-state index contributed by atoms with van der Waals surface area (Å²) < 4.78 is 5.82. The molecule has 1 aliphatic carbocycles. The summed E-state index contributed by atoms with van der Waals surface area (Å²) in [6.45, 7) is 4.45. The van der Waals surface area contributed by atoms with E-state index in [1.807, 2.05) is 0 Å². The van der Waals surface area contributed by atoms with Crippen LogP contribution in [0.1, 0.15) is 55.8 Å². The van der Waals surface area contributed by atoms with Gasteiger partial charge in [0.2, 0.25) is 0 Å². The third-order valence-corrected chi connectivity index (χ3v) is 7.24. The number of esters is 1. The Morgan fingerprint density at radius 3 is 2.78 bits per heavy atom. The lowest BCUT2D eigenvalue weighted by atomic mass is 9.86. The molecule has 7 heteroatoms. The SMILES string of the molecule is COC(=O)CCSc1ncnc2c1sc1nc(C(C)C)c3c(c12)CCCC3. The van der Waals surface area contributed by atoms with E-state index in [1.165, 1.54) is 42.2 Å². The van der Waals surface area contributed by atoms with Crippen molar-refractivity contribution in [1.82, 2.24) is 15.0 Å². The van der Waals surface area contributed by atoms with Gasteiger partial charge in [0.05, 0.1) is 23.7 Å². The summed E-state index contributed by atoms with van der Waals surface area (Å²) in [6.07, 6.45) is 6.71. The summed E-state index contributed by atoms with van der Waals surface area (Å²) in [5.74, 6) is 0.878. The highest BCUT2D eigenvalue weighted by molar-refractivity contribution is 7.99. The second-order valence-corrected chi connectivity index (χ2v) is 9.21. The summed E-state index contributed by atoms with van der Waals surface area (Å²) in [4.78, 5) is 26.6. The van der Waals surface area contributed by atoms with Gasteiger partial charge < -0.3 is 4.74 Å². The Labute approximate surface area is 167 Å². The number of aryl methyl sites for hydroxylation is 1. The third kappa shape index (κ3) is 3.43. The molecule has 3 heterocycles. The van der Waals surface area contributed by atoms with E-state index in [1.54, 1.807) is 29.4 Å². The first kappa shape index (κ1) is 18.6. The van der Waals surface area contributed by atoms with Crippen molar-refractivity contribution in [3.05, 3.63) is 23.1 Å². The van der Waals surface area contributed by atoms with Crippen molar-refractivity contribution in [3.63, 3.8) is 0 Å². The molecule has 0 atom stereocenters. The molecule has 5 nitrogen and oxygen atoms in total. The fourth-order valence-electron chi connectivity index (χ4n) is 3.78. The summed E-state index contributed by atoms with van der Waals surface area (Å²) in [7, 11) is 1.42. The highest BCUT2D eigenvalue weighted by Crippen LogP contribution is 2.42. The predicted octanol–water partition coefficient (Wildman–Crippen LogP) is 4.90. The topological polar surface area (TPSA) is 65.0 Å². The van der Waals surface area contributed by atoms with E-state index in [9.17, 15) is 4.79 Å². The van der Waals surface area contributed by atoms with E-state index >= 15 is 0 Å². The van der Waals surface area contributed by atoms with Crippen molar-refractivity contribution in [2.24, 2.45) is 0 Å². The third-order valence-electron chi connectivity index (χ3n) is 5.04. The quantitative estimate of drug-likeness (QED) is 0.344. The van der Waals surface area contributed by atoms with E-state index in [0.29, 0.717) is 18.1 Å². The molecule has 0 saturated heterocycles. The summed E-state index contributed by atoms with van der Waals surface area (Å²) in [6, 6.07) is 0. The minimum atomic E-state index is -0.193. The maximum atomic E-state index is 11.4. The first-order chi connectivity index (χ1) is 13.1. The number of nitrogens with zero attached hydrogens (tertiary/aromatic N) is 3. The molecule has 142 valence electrons. The molecule has 4 rings (SSSR count). The number of hydrogen-bond acceptors (Lipinski definition) is 7. The van der Waals surface area contributed by atoms with Gasteiger partial charge in [-0.1, -0.05) is 13.8 Å². The molecule has 3 aromatic rings. The fraction of sp³-hybridized carbons (Fsp3) is 0.500. The van der Waals surface area contributed by atoms with Crippen LogP contribution in [0.5, 0.6) is 0 Å². The lowest BCUT2D eigenvalue weighted by Crippen LogP contribution is -2.10. The monoisotopic (exact) mass is 401 g/mol. The van der Waals surface area contributed by atoms with Gasteiger partial charge in [-0.2, -0.15) is 0 Å². The lowest BCUT2D eigenvalue weighted by Gasteiger charge is -2.21. The molecular formula is C20H23N3O2S2. The average molecular weight is 402 g/mol. The zero-order valence-electron chi connectivity index (χ0n) is 15.9. The highest BCUT2D eigenvalue weighted by Gasteiger charge is 2.24. The molecule has 0 amide bonds. The van der Waals surface area contributed by atoms with Crippen LogP contribution < -0.4 is 0 Å². The van der Waals surface area contributed by atoms with Crippen molar-refractivity contribution >= 4 is 49.5 Å². The van der Waals surface area contributed by atoms with E-state index in [-0.39, 0.29) is 5.97 Å². The predicted molar refractivity (Wildman–Crippen MR) is 111 cm³/mol. The number of fused-ring (bicyclic) bond motifs is 5. The first-order valence-corrected chi connectivity index (χ1v) is 11.2. The van der Waals surface area contributed by atoms with Gasteiger partial charge in [0.15, 0.2) is 0 Å². The molecule has 0 spiro atoms. The Kier molecular flexibility index (Phi) is 5.32. The second-order valence-electron chi connectivity index (χ2n) is 7.13. The minimum Gasteiger partial charge on any atom is -0.469 e. The number of pyridine rings is 1. The van der Waals surface area contributed by atoms with Gasteiger partial charge >= 0.3 is 5.97 Å². The molecule has 0 aliphatic heterocycles. The van der Waals surface area contributed by atoms with Gasteiger partial charge in [0.25, 0.3) is 0 Å². The van der Waals surface area contributed by atoms with Crippen molar-refractivity contribution < 1.29 is 9.53 Å². The fourth-order valence-corrected chi connectivity index (χ4v) is 5.95. The van der Waals surface area contributed by atoms with Crippen LogP contribution in [0.4, 0.5) is 0 Å². The van der Waals surface area contributed by atoms with Crippen LogP contribution in [0.15, 0.2) is 11.4 Å².